The van der Waals surface area contributed by atoms with Crippen LogP contribution >= 0.6 is 24.0 Å². The fraction of sp³-hybridized carbons (Fsp3) is 0.632. The summed E-state index contributed by atoms with van der Waals surface area (Å²) < 4.78 is 21.9. The van der Waals surface area contributed by atoms with Crippen molar-refractivity contribution in [2.45, 2.75) is 25.8 Å². The second-order valence-electron chi connectivity index (χ2n) is 6.23. The van der Waals surface area contributed by atoms with Crippen LogP contribution in [0, 0.1) is 5.92 Å². The van der Waals surface area contributed by atoms with Gasteiger partial charge in [0, 0.05) is 38.9 Å². The number of aliphatic imine (C=N–C) groups is 1. The Morgan fingerprint density at radius 3 is 2.26 bits per heavy atom. The second kappa shape index (κ2) is 12.9. The Morgan fingerprint density at radius 2 is 1.74 bits per heavy atom. The fourth-order valence-corrected chi connectivity index (χ4v) is 2.56. The molecule has 0 radical (unpaired) electrons. The molecule has 27 heavy (non-hydrogen) atoms. The van der Waals surface area contributed by atoms with E-state index < -0.39 is 0 Å². The summed E-state index contributed by atoms with van der Waals surface area (Å²) in [5.74, 6) is 3.64. The van der Waals surface area contributed by atoms with Gasteiger partial charge in [-0.3, -0.25) is 4.99 Å². The Morgan fingerprint density at radius 1 is 1.07 bits per heavy atom. The molecule has 1 aromatic rings. The first-order valence-corrected chi connectivity index (χ1v) is 9.03. The molecule has 1 aromatic carbocycles. The van der Waals surface area contributed by atoms with Gasteiger partial charge in [-0.2, -0.15) is 0 Å². The predicted octanol–water partition coefficient (Wildman–Crippen LogP) is 2.81. The van der Waals surface area contributed by atoms with Crippen molar-refractivity contribution in [1.29, 1.82) is 0 Å². The van der Waals surface area contributed by atoms with Gasteiger partial charge >= 0.3 is 0 Å². The topological polar surface area (TPSA) is 73.3 Å². The summed E-state index contributed by atoms with van der Waals surface area (Å²) in [5.41, 5.74) is 0.909. The Bertz CT molecular complexity index is 569. The number of benzene rings is 1. The second-order valence-corrected chi connectivity index (χ2v) is 6.23. The lowest BCUT2D eigenvalue weighted by Crippen LogP contribution is -2.37. The van der Waals surface area contributed by atoms with E-state index in [1.165, 1.54) is 12.8 Å². The van der Waals surface area contributed by atoms with Crippen molar-refractivity contribution in [3.05, 3.63) is 17.7 Å². The number of nitrogens with one attached hydrogen (secondary N) is 2. The highest BCUT2D eigenvalue weighted by Gasteiger charge is 2.20. The average Bonchev–Trinajstić information content (AvgIpc) is 3.50. The van der Waals surface area contributed by atoms with Gasteiger partial charge in [-0.25, -0.2) is 0 Å². The molecule has 0 aliphatic heterocycles. The standard InChI is InChI=1S/C19H31N3O4.HI/c1-20-19(21-8-5-9-26-13-14-6-7-14)22-12-16-17(24-3)10-15(23-2)11-18(16)25-4;/h10-11,14H,5-9,12-13H2,1-4H3,(H2,20,21,22);1H. The van der Waals surface area contributed by atoms with Crippen molar-refractivity contribution in [3.63, 3.8) is 0 Å². The number of nitrogens with zero attached hydrogens (tertiary/aromatic N) is 1. The molecule has 2 rings (SSSR count). The Balaban J connectivity index is 0.00000364. The Labute approximate surface area is 179 Å². The van der Waals surface area contributed by atoms with Crippen LogP contribution in [-0.2, 0) is 11.3 Å². The van der Waals surface area contributed by atoms with Crippen LogP contribution in [0.3, 0.4) is 0 Å². The van der Waals surface area contributed by atoms with Gasteiger partial charge in [0.2, 0.25) is 0 Å². The van der Waals surface area contributed by atoms with E-state index in [4.69, 9.17) is 18.9 Å². The lowest BCUT2D eigenvalue weighted by Gasteiger charge is -2.17. The minimum Gasteiger partial charge on any atom is -0.496 e. The molecule has 0 atom stereocenters. The van der Waals surface area contributed by atoms with Crippen LogP contribution in [0.2, 0.25) is 0 Å². The number of ether oxygens (including phenoxy) is 4. The lowest BCUT2D eigenvalue weighted by atomic mass is 10.1. The molecule has 0 unspecified atom stereocenters. The zero-order chi connectivity index (χ0) is 18.8. The third kappa shape index (κ3) is 8.00. The molecule has 0 aromatic heterocycles. The van der Waals surface area contributed by atoms with E-state index in [2.05, 4.69) is 15.6 Å². The maximum absolute atomic E-state index is 5.64. The fourth-order valence-electron chi connectivity index (χ4n) is 2.56. The van der Waals surface area contributed by atoms with Crippen molar-refractivity contribution in [2.24, 2.45) is 10.9 Å². The molecule has 0 bridgehead atoms. The van der Waals surface area contributed by atoms with Gasteiger partial charge in [0.1, 0.15) is 17.2 Å². The number of halogens is 1. The summed E-state index contributed by atoms with van der Waals surface area (Å²) in [7, 11) is 6.63. The SMILES string of the molecule is CN=C(NCCCOCC1CC1)NCc1c(OC)cc(OC)cc1OC.I. The van der Waals surface area contributed by atoms with Crippen molar-refractivity contribution in [1.82, 2.24) is 10.6 Å². The van der Waals surface area contributed by atoms with Gasteiger partial charge in [0.25, 0.3) is 0 Å². The molecule has 154 valence electrons. The minimum atomic E-state index is 0. The first kappa shape index (κ1) is 23.6. The molecule has 0 amide bonds. The number of hydrogen-bond donors (Lipinski definition) is 2. The van der Waals surface area contributed by atoms with E-state index in [1.807, 2.05) is 12.1 Å². The van der Waals surface area contributed by atoms with Crippen LogP contribution in [0.15, 0.2) is 17.1 Å². The molecule has 1 aliphatic rings. The molecule has 8 heteroatoms. The highest BCUT2D eigenvalue weighted by molar-refractivity contribution is 14.0. The predicted molar refractivity (Wildman–Crippen MR) is 118 cm³/mol. The quantitative estimate of drug-likeness (QED) is 0.214. The Hall–Kier alpha value is -1.42. The summed E-state index contributed by atoms with van der Waals surface area (Å²) in [4.78, 5) is 4.25. The molecule has 0 heterocycles. The zero-order valence-electron chi connectivity index (χ0n) is 16.7. The van der Waals surface area contributed by atoms with E-state index in [0.29, 0.717) is 23.8 Å². The third-order valence-electron chi connectivity index (χ3n) is 4.28. The normalized spacial score (nSPS) is 13.6. The van der Waals surface area contributed by atoms with E-state index in [-0.39, 0.29) is 24.0 Å². The van der Waals surface area contributed by atoms with Crippen LogP contribution in [0.1, 0.15) is 24.8 Å². The molecule has 1 fully saturated rings. The van der Waals surface area contributed by atoms with Crippen LogP contribution in [0.25, 0.3) is 0 Å². The summed E-state index contributed by atoms with van der Waals surface area (Å²) in [5, 5.41) is 6.58. The number of methoxy groups -OCH3 is 3. The summed E-state index contributed by atoms with van der Waals surface area (Å²) in [6, 6.07) is 3.68. The van der Waals surface area contributed by atoms with E-state index in [1.54, 1.807) is 28.4 Å². The highest BCUT2D eigenvalue weighted by atomic mass is 127. The van der Waals surface area contributed by atoms with E-state index >= 15 is 0 Å². The molecule has 0 spiro atoms. The molecule has 2 N–H and O–H groups in total. The Kier molecular flexibility index (Phi) is 11.3. The van der Waals surface area contributed by atoms with Gasteiger partial charge in [-0.1, -0.05) is 0 Å². The van der Waals surface area contributed by atoms with Gasteiger partial charge in [0.15, 0.2) is 5.96 Å². The van der Waals surface area contributed by atoms with Crippen LogP contribution in [-0.4, -0.2) is 54.1 Å². The van der Waals surface area contributed by atoms with Gasteiger partial charge in [-0.15, -0.1) is 24.0 Å². The highest BCUT2D eigenvalue weighted by Crippen LogP contribution is 2.33. The van der Waals surface area contributed by atoms with Gasteiger partial charge in [-0.05, 0) is 25.2 Å². The maximum Gasteiger partial charge on any atom is 0.191 e. The first-order chi connectivity index (χ1) is 12.7. The summed E-state index contributed by atoms with van der Waals surface area (Å²) in [6.45, 7) is 3.01. The van der Waals surface area contributed by atoms with Crippen molar-refractivity contribution >= 4 is 29.9 Å². The van der Waals surface area contributed by atoms with E-state index in [0.717, 1.165) is 43.6 Å². The molecule has 7 nitrogen and oxygen atoms in total. The molecular formula is C19H32IN3O4. The number of rotatable bonds is 11. The average molecular weight is 493 g/mol. The molecule has 0 saturated heterocycles. The minimum absolute atomic E-state index is 0. The maximum atomic E-state index is 5.64. The van der Waals surface area contributed by atoms with Crippen molar-refractivity contribution in [3.8, 4) is 17.2 Å². The number of guanidine groups is 1. The smallest absolute Gasteiger partial charge is 0.191 e. The molecule has 1 saturated carbocycles. The van der Waals surface area contributed by atoms with Crippen LogP contribution < -0.4 is 24.8 Å². The van der Waals surface area contributed by atoms with Gasteiger partial charge < -0.3 is 29.6 Å². The lowest BCUT2D eigenvalue weighted by molar-refractivity contribution is 0.123. The van der Waals surface area contributed by atoms with Crippen LogP contribution in [0.5, 0.6) is 17.2 Å². The third-order valence-corrected chi connectivity index (χ3v) is 4.28. The van der Waals surface area contributed by atoms with Crippen molar-refractivity contribution in [2.75, 3.05) is 48.1 Å². The largest absolute Gasteiger partial charge is 0.496 e. The molecular weight excluding hydrogens is 461 g/mol. The van der Waals surface area contributed by atoms with Crippen molar-refractivity contribution < 1.29 is 18.9 Å². The number of hydrogen-bond acceptors (Lipinski definition) is 5. The monoisotopic (exact) mass is 493 g/mol. The molecule has 1 aliphatic carbocycles. The summed E-state index contributed by atoms with van der Waals surface area (Å²) >= 11 is 0. The van der Waals surface area contributed by atoms with Crippen LogP contribution in [0.4, 0.5) is 0 Å². The van der Waals surface area contributed by atoms with E-state index in [9.17, 15) is 0 Å². The first-order valence-electron chi connectivity index (χ1n) is 9.03. The van der Waals surface area contributed by atoms with Gasteiger partial charge in [0.05, 0.1) is 33.4 Å². The zero-order valence-corrected chi connectivity index (χ0v) is 19.0. The summed E-state index contributed by atoms with van der Waals surface area (Å²) in [6.07, 6.45) is 3.60.